The predicted octanol–water partition coefficient (Wildman–Crippen LogP) is 1.31. The molecule has 1 N–H and O–H groups in total. The van der Waals surface area contributed by atoms with Crippen LogP contribution < -0.4 is 5.32 Å². The van der Waals surface area contributed by atoms with Crippen LogP contribution in [0.2, 0.25) is 0 Å². The lowest BCUT2D eigenvalue weighted by molar-refractivity contribution is -0.136. The molecule has 1 saturated heterocycles. The van der Waals surface area contributed by atoms with E-state index in [0.717, 1.165) is 10.5 Å². The molecular formula is C14H16N2O3. The van der Waals surface area contributed by atoms with E-state index in [-0.39, 0.29) is 6.42 Å². The Morgan fingerprint density at radius 2 is 1.89 bits per heavy atom. The van der Waals surface area contributed by atoms with E-state index in [1.54, 1.807) is 0 Å². The highest BCUT2D eigenvalue weighted by atomic mass is 16.2. The van der Waals surface area contributed by atoms with Gasteiger partial charge in [0.25, 0.3) is 0 Å². The molecule has 2 rings (SSSR count). The van der Waals surface area contributed by atoms with E-state index in [1.807, 2.05) is 32.0 Å². The summed E-state index contributed by atoms with van der Waals surface area (Å²) in [5.41, 5.74) is 3.46. The lowest BCUT2D eigenvalue weighted by Crippen LogP contribution is -2.53. The molecule has 1 aromatic rings. The molecule has 0 saturated carbocycles. The zero-order chi connectivity index (χ0) is 14.0. The summed E-state index contributed by atoms with van der Waals surface area (Å²) in [5, 5.41) is 2.14. The molecule has 0 bridgehead atoms. The number of rotatable bonds is 3. The molecule has 0 spiro atoms. The third kappa shape index (κ3) is 2.99. The SMILES string of the molecule is Cc1ccc(CCN2C(=O)CC(=O)NC2=O)cc1C. The lowest BCUT2D eigenvalue weighted by Gasteiger charge is -2.24. The summed E-state index contributed by atoms with van der Waals surface area (Å²) in [5.74, 6) is -0.963. The maximum Gasteiger partial charge on any atom is 0.330 e. The first kappa shape index (κ1) is 13.3. The maximum absolute atomic E-state index is 11.6. The average Bonchev–Trinajstić information content (AvgIpc) is 2.32. The Kier molecular flexibility index (Phi) is 3.64. The van der Waals surface area contributed by atoms with Crippen molar-refractivity contribution in [1.29, 1.82) is 0 Å². The summed E-state index contributed by atoms with van der Waals surface area (Å²) in [6.45, 7) is 4.35. The number of amides is 4. The summed E-state index contributed by atoms with van der Waals surface area (Å²) in [6.07, 6.45) is 0.340. The molecule has 1 fully saturated rings. The van der Waals surface area contributed by atoms with Crippen molar-refractivity contribution in [3.8, 4) is 0 Å². The number of benzene rings is 1. The Bertz CT molecular complexity index is 532. The van der Waals surface area contributed by atoms with E-state index in [4.69, 9.17) is 0 Å². The van der Waals surface area contributed by atoms with Gasteiger partial charge in [0.15, 0.2) is 0 Å². The first-order valence-corrected chi connectivity index (χ1v) is 6.17. The van der Waals surface area contributed by atoms with Gasteiger partial charge >= 0.3 is 6.03 Å². The van der Waals surface area contributed by atoms with Crippen molar-refractivity contribution in [2.75, 3.05) is 6.54 Å². The smallest absolute Gasteiger partial charge is 0.277 e. The van der Waals surface area contributed by atoms with Gasteiger partial charge in [-0.3, -0.25) is 19.8 Å². The molecule has 5 nitrogen and oxygen atoms in total. The van der Waals surface area contributed by atoms with Crippen molar-refractivity contribution in [3.63, 3.8) is 0 Å². The van der Waals surface area contributed by atoms with E-state index in [2.05, 4.69) is 5.32 Å². The number of imide groups is 2. The zero-order valence-electron chi connectivity index (χ0n) is 11.0. The molecule has 5 heteroatoms. The third-order valence-electron chi connectivity index (χ3n) is 3.30. The monoisotopic (exact) mass is 260 g/mol. The fourth-order valence-electron chi connectivity index (χ4n) is 2.00. The second kappa shape index (κ2) is 5.22. The molecule has 0 unspecified atom stereocenters. The van der Waals surface area contributed by atoms with Crippen LogP contribution in [0.3, 0.4) is 0 Å². The van der Waals surface area contributed by atoms with Gasteiger partial charge in [-0.15, -0.1) is 0 Å². The molecule has 1 heterocycles. The minimum Gasteiger partial charge on any atom is -0.277 e. The fourth-order valence-corrected chi connectivity index (χ4v) is 2.00. The zero-order valence-corrected chi connectivity index (χ0v) is 11.0. The van der Waals surface area contributed by atoms with Gasteiger partial charge in [-0.25, -0.2) is 4.79 Å². The van der Waals surface area contributed by atoms with Gasteiger partial charge in [-0.1, -0.05) is 18.2 Å². The van der Waals surface area contributed by atoms with Gasteiger partial charge in [0.2, 0.25) is 11.8 Å². The van der Waals surface area contributed by atoms with Gasteiger partial charge < -0.3 is 0 Å². The van der Waals surface area contributed by atoms with Crippen molar-refractivity contribution in [3.05, 3.63) is 34.9 Å². The van der Waals surface area contributed by atoms with Gasteiger partial charge in [0, 0.05) is 6.54 Å². The summed E-state index contributed by atoms with van der Waals surface area (Å²) in [7, 11) is 0. The molecule has 0 atom stereocenters. The van der Waals surface area contributed by atoms with E-state index in [1.165, 1.54) is 11.1 Å². The number of hydrogen-bond acceptors (Lipinski definition) is 3. The highest BCUT2D eigenvalue weighted by Gasteiger charge is 2.30. The van der Waals surface area contributed by atoms with Gasteiger partial charge in [0.05, 0.1) is 0 Å². The molecular weight excluding hydrogens is 244 g/mol. The topological polar surface area (TPSA) is 66.5 Å². The van der Waals surface area contributed by atoms with Crippen LogP contribution in [-0.2, 0) is 16.0 Å². The van der Waals surface area contributed by atoms with Crippen LogP contribution in [0.5, 0.6) is 0 Å². The first-order chi connectivity index (χ1) is 8.97. The number of aryl methyl sites for hydroxylation is 2. The largest absolute Gasteiger partial charge is 0.330 e. The molecule has 1 aliphatic rings. The lowest BCUT2D eigenvalue weighted by atomic mass is 10.0. The molecule has 1 aromatic carbocycles. The molecule has 0 aromatic heterocycles. The highest BCUT2D eigenvalue weighted by molar-refractivity contribution is 6.14. The Balaban J connectivity index is 2.01. The number of nitrogens with zero attached hydrogens (tertiary/aromatic N) is 1. The number of hydrogen-bond donors (Lipinski definition) is 1. The van der Waals surface area contributed by atoms with Crippen LogP contribution in [0.25, 0.3) is 0 Å². The Labute approximate surface area is 111 Å². The van der Waals surface area contributed by atoms with Gasteiger partial charge in [0.1, 0.15) is 6.42 Å². The van der Waals surface area contributed by atoms with Gasteiger partial charge in [-0.05, 0) is 37.0 Å². The van der Waals surface area contributed by atoms with Crippen molar-refractivity contribution in [1.82, 2.24) is 10.2 Å². The van der Waals surface area contributed by atoms with E-state index < -0.39 is 17.8 Å². The van der Waals surface area contributed by atoms with Crippen molar-refractivity contribution >= 4 is 17.8 Å². The average molecular weight is 260 g/mol. The normalized spacial score (nSPS) is 15.7. The second-order valence-electron chi connectivity index (χ2n) is 4.74. The Hall–Kier alpha value is -2.17. The summed E-state index contributed by atoms with van der Waals surface area (Å²) in [6, 6.07) is 5.43. The van der Waals surface area contributed by atoms with Crippen molar-refractivity contribution < 1.29 is 14.4 Å². The second-order valence-corrected chi connectivity index (χ2v) is 4.74. The molecule has 0 radical (unpaired) electrons. The summed E-state index contributed by atoms with van der Waals surface area (Å²) < 4.78 is 0. The number of nitrogens with one attached hydrogen (secondary N) is 1. The van der Waals surface area contributed by atoms with Crippen LogP contribution in [0.1, 0.15) is 23.1 Å². The van der Waals surface area contributed by atoms with Crippen LogP contribution in [-0.4, -0.2) is 29.3 Å². The first-order valence-electron chi connectivity index (χ1n) is 6.17. The fraction of sp³-hybridized carbons (Fsp3) is 0.357. The molecule has 100 valence electrons. The Morgan fingerprint density at radius 3 is 2.53 bits per heavy atom. The molecule has 19 heavy (non-hydrogen) atoms. The van der Waals surface area contributed by atoms with Crippen LogP contribution in [0, 0.1) is 13.8 Å². The summed E-state index contributed by atoms with van der Waals surface area (Å²) >= 11 is 0. The summed E-state index contributed by atoms with van der Waals surface area (Å²) in [4.78, 5) is 35.2. The van der Waals surface area contributed by atoms with Crippen LogP contribution in [0.15, 0.2) is 18.2 Å². The quantitative estimate of drug-likeness (QED) is 0.833. The van der Waals surface area contributed by atoms with Crippen molar-refractivity contribution in [2.45, 2.75) is 26.7 Å². The molecule has 1 aliphatic heterocycles. The number of carbonyl (C=O) groups is 3. The Morgan fingerprint density at radius 1 is 1.16 bits per heavy atom. The number of urea groups is 1. The molecule has 0 aliphatic carbocycles. The van der Waals surface area contributed by atoms with E-state index in [9.17, 15) is 14.4 Å². The number of carbonyl (C=O) groups excluding carboxylic acids is 3. The van der Waals surface area contributed by atoms with Crippen molar-refractivity contribution in [2.24, 2.45) is 0 Å². The van der Waals surface area contributed by atoms with Crippen LogP contribution >= 0.6 is 0 Å². The van der Waals surface area contributed by atoms with E-state index in [0.29, 0.717) is 13.0 Å². The van der Waals surface area contributed by atoms with E-state index >= 15 is 0 Å². The number of barbiturate groups is 1. The highest BCUT2D eigenvalue weighted by Crippen LogP contribution is 2.12. The minimum absolute atomic E-state index is 0.251. The van der Waals surface area contributed by atoms with Crippen LogP contribution in [0.4, 0.5) is 4.79 Å². The molecule has 4 amide bonds. The standard InChI is InChI=1S/C14H16N2O3/c1-9-3-4-11(7-10(9)2)5-6-16-13(18)8-12(17)15-14(16)19/h3-4,7H,5-6,8H2,1-2H3,(H,15,17,19). The third-order valence-corrected chi connectivity index (χ3v) is 3.30. The minimum atomic E-state index is -0.620. The maximum atomic E-state index is 11.6. The predicted molar refractivity (Wildman–Crippen MR) is 69.5 cm³/mol. The van der Waals surface area contributed by atoms with Gasteiger partial charge in [-0.2, -0.15) is 0 Å².